The average molecular weight is 356 g/mol. The van der Waals surface area contributed by atoms with E-state index >= 15 is 0 Å². The van der Waals surface area contributed by atoms with Gasteiger partial charge in [-0.05, 0) is 36.8 Å². The fraction of sp³-hybridized carbons (Fsp3) is 0.278. The van der Waals surface area contributed by atoms with Crippen molar-refractivity contribution in [2.75, 3.05) is 36.0 Å². The molecular weight excluding hydrogens is 336 g/mol. The van der Waals surface area contributed by atoms with Gasteiger partial charge in [0.2, 0.25) is 0 Å². The molecule has 0 bridgehead atoms. The summed E-state index contributed by atoms with van der Waals surface area (Å²) < 4.78 is 0. The molecule has 1 heterocycles. The molecule has 26 heavy (non-hydrogen) atoms. The maximum Gasteiger partial charge on any atom is 0.293 e. The van der Waals surface area contributed by atoms with Crippen molar-refractivity contribution in [3.05, 3.63) is 63.7 Å². The summed E-state index contributed by atoms with van der Waals surface area (Å²) in [5.74, 6) is -0.774. The highest BCUT2D eigenvalue weighted by atomic mass is 16.6. The van der Waals surface area contributed by atoms with Crippen molar-refractivity contribution < 1.29 is 14.9 Å². The molecule has 1 fully saturated rings. The fourth-order valence-corrected chi connectivity index (χ4v) is 3.17. The zero-order valence-electron chi connectivity index (χ0n) is 14.4. The number of piperazine rings is 1. The standard InChI is InChI=1S/C18H20N4O4/c1-13-3-2-4-15(11-13)20-7-9-21(10-8-20)16-6-5-14(18(23)19-24)12-17(16)22(25)26/h2-6,11-12,24H,7-10H2,1H3,(H,19,23). The Bertz CT molecular complexity index is 832. The molecule has 136 valence electrons. The van der Waals surface area contributed by atoms with Gasteiger partial charge < -0.3 is 9.80 Å². The number of nitrogens with zero attached hydrogens (tertiary/aromatic N) is 3. The maximum atomic E-state index is 11.5. The first-order valence-corrected chi connectivity index (χ1v) is 8.29. The zero-order valence-corrected chi connectivity index (χ0v) is 14.4. The van der Waals surface area contributed by atoms with Gasteiger partial charge in [-0.25, -0.2) is 5.48 Å². The Balaban J connectivity index is 1.78. The number of hydroxylamine groups is 1. The molecule has 0 spiro atoms. The van der Waals surface area contributed by atoms with E-state index in [1.807, 2.05) is 24.0 Å². The lowest BCUT2D eigenvalue weighted by atomic mass is 10.1. The minimum atomic E-state index is -0.774. The number of hydrogen-bond acceptors (Lipinski definition) is 6. The van der Waals surface area contributed by atoms with E-state index in [4.69, 9.17) is 5.21 Å². The number of hydrogen-bond donors (Lipinski definition) is 2. The molecule has 8 nitrogen and oxygen atoms in total. The highest BCUT2D eigenvalue weighted by molar-refractivity contribution is 5.95. The van der Waals surface area contributed by atoms with Crippen LogP contribution >= 0.6 is 0 Å². The van der Waals surface area contributed by atoms with Crippen LogP contribution in [-0.4, -0.2) is 42.2 Å². The van der Waals surface area contributed by atoms with Crippen molar-refractivity contribution in [3.63, 3.8) is 0 Å². The van der Waals surface area contributed by atoms with Crippen LogP contribution in [0.4, 0.5) is 17.1 Å². The Morgan fingerprint density at radius 1 is 1.12 bits per heavy atom. The Labute approximate surface area is 150 Å². The van der Waals surface area contributed by atoms with Crippen LogP contribution in [0.25, 0.3) is 0 Å². The molecule has 8 heteroatoms. The topological polar surface area (TPSA) is 99.0 Å². The van der Waals surface area contributed by atoms with Crippen LogP contribution in [0.15, 0.2) is 42.5 Å². The SMILES string of the molecule is Cc1cccc(N2CCN(c3ccc(C(=O)NO)cc3[N+](=O)[O-])CC2)c1. The number of aryl methyl sites for hydroxylation is 1. The second kappa shape index (κ2) is 7.40. The lowest BCUT2D eigenvalue weighted by Crippen LogP contribution is -2.46. The zero-order chi connectivity index (χ0) is 18.7. The molecule has 2 aromatic rings. The number of nitro benzene ring substituents is 1. The highest BCUT2D eigenvalue weighted by Crippen LogP contribution is 2.31. The first kappa shape index (κ1) is 17.7. The van der Waals surface area contributed by atoms with Crippen molar-refractivity contribution in [2.45, 2.75) is 6.92 Å². The first-order chi connectivity index (χ1) is 12.5. The minimum absolute atomic E-state index is 0.0429. The summed E-state index contributed by atoms with van der Waals surface area (Å²) in [7, 11) is 0. The summed E-state index contributed by atoms with van der Waals surface area (Å²) in [6.07, 6.45) is 0. The van der Waals surface area contributed by atoms with Crippen LogP contribution in [0.1, 0.15) is 15.9 Å². The van der Waals surface area contributed by atoms with E-state index in [0.717, 1.165) is 18.8 Å². The largest absolute Gasteiger partial charge is 0.368 e. The van der Waals surface area contributed by atoms with E-state index in [1.165, 1.54) is 23.2 Å². The van der Waals surface area contributed by atoms with Crippen molar-refractivity contribution in [3.8, 4) is 0 Å². The normalized spacial score (nSPS) is 14.2. The van der Waals surface area contributed by atoms with Crippen LogP contribution in [0, 0.1) is 17.0 Å². The Hall–Kier alpha value is -3.13. The van der Waals surface area contributed by atoms with Crippen molar-refractivity contribution in [1.29, 1.82) is 0 Å². The molecule has 1 aliphatic heterocycles. The van der Waals surface area contributed by atoms with Gasteiger partial charge in [-0.2, -0.15) is 0 Å². The van der Waals surface area contributed by atoms with Crippen LogP contribution in [0.2, 0.25) is 0 Å². The predicted octanol–water partition coefficient (Wildman–Crippen LogP) is 2.35. The lowest BCUT2D eigenvalue weighted by molar-refractivity contribution is -0.384. The Morgan fingerprint density at radius 3 is 2.42 bits per heavy atom. The van der Waals surface area contributed by atoms with Gasteiger partial charge in [-0.3, -0.25) is 20.1 Å². The third-order valence-corrected chi connectivity index (χ3v) is 4.52. The van der Waals surface area contributed by atoms with E-state index in [9.17, 15) is 14.9 Å². The average Bonchev–Trinajstić information content (AvgIpc) is 2.67. The van der Waals surface area contributed by atoms with Crippen LogP contribution in [-0.2, 0) is 0 Å². The molecule has 0 aromatic heterocycles. The molecule has 1 aliphatic rings. The number of carbonyl (C=O) groups excluding carboxylic acids is 1. The van der Waals surface area contributed by atoms with Crippen LogP contribution < -0.4 is 15.3 Å². The second-order valence-electron chi connectivity index (χ2n) is 6.21. The highest BCUT2D eigenvalue weighted by Gasteiger charge is 2.25. The molecule has 2 aromatic carbocycles. The third-order valence-electron chi connectivity index (χ3n) is 4.52. The van der Waals surface area contributed by atoms with Gasteiger partial charge in [-0.15, -0.1) is 0 Å². The number of anilines is 2. The number of amides is 1. The summed E-state index contributed by atoms with van der Waals surface area (Å²) in [6, 6.07) is 12.5. The van der Waals surface area contributed by atoms with E-state index in [-0.39, 0.29) is 11.3 Å². The van der Waals surface area contributed by atoms with Crippen molar-refractivity contribution in [1.82, 2.24) is 5.48 Å². The summed E-state index contributed by atoms with van der Waals surface area (Å²) in [4.78, 5) is 26.6. The van der Waals surface area contributed by atoms with Crippen LogP contribution in [0.3, 0.4) is 0 Å². The number of benzene rings is 2. The number of nitro groups is 1. The smallest absolute Gasteiger partial charge is 0.293 e. The van der Waals surface area contributed by atoms with Gasteiger partial charge >= 0.3 is 0 Å². The molecule has 0 unspecified atom stereocenters. The number of nitrogens with one attached hydrogen (secondary N) is 1. The molecule has 1 amide bonds. The summed E-state index contributed by atoms with van der Waals surface area (Å²) in [5, 5.41) is 20.1. The summed E-state index contributed by atoms with van der Waals surface area (Å²) >= 11 is 0. The van der Waals surface area contributed by atoms with Gasteiger partial charge in [0.05, 0.1) is 4.92 Å². The molecule has 3 rings (SSSR count). The predicted molar refractivity (Wildman–Crippen MR) is 98.0 cm³/mol. The van der Waals surface area contributed by atoms with Crippen molar-refractivity contribution >= 4 is 23.0 Å². The third kappa shape index (κ3) is 3.60. The van der Waals surface area contributed by atoms with Crippen LogP contribution in [0.5, 0.6) is 0 Å². The Morgan fingerprint density at radius 2 is 1.81 bits per heavy atom. The molecule has 1 saturated heterocycles. The Kier molecular flexibility index (Phi) is 5.04. The van der Waals surface area contributed by atoms with Gasteiger partial charge in [0.25, 0.3) is 11.6 Å². The first-order valence-electron chi connectivity index (χ1n) is 8.29. The monoisotopic (exact) mass is 356 g/mol. The fourth-order valence-electron chi connectivity index (χ4n) is 3.17. The number of rotatable bonds is 4. The molecule has 0 saturated carbocycles. The van der Waals surface area contributed by atoms with Gasteiger partial charge in [0.15, 0.2) is 0 Å². The summed E-state index contributed by atoms with van der Waals surface area (Å²) in [5.41, 5.74) is 4.21. The van der Waals surface area contributed by atoms with E-state index in [2.05, 4.69) is 17.0 Å². The summed E-state index contributed by atoms with van der Waals surface area (Å²) in [6.45, 7) is 4.83. The molecular formula is C18H20N4O4. The van der Waals surface area contributed by atoms with Gasteiger partial charge in [0.1, 0.15) is 5.69 Å². The lowest BCUT2D eigenvalue weighted by Gasteiger charge is -2.37. The van der Waals surface area contributed by atoms with Crippen molar-refractivity contribution in [2.24, 2.45) is 0 Å². The second-order valence-corrected chi connectivity index (χ2v) is 6.21. The minimum Gasteiger partial charge on any atom is -0.368 e. The number of carbonyl (C=O) groups is 1. The molecule has 0 aliphatic carbocycles. The molecule has 2 N–H and O–H groups in total. The molecule has 0 atom stereocenters. The quantitative estimate of drug-likeness (QED) is 0.496. The van der Waals surface area contributed by atoms with E-state index in [1.54, 1.807) is 6.07 Å². The van der Waals surface area contributed by atoms with Gasteiger partial charge in [-0.1, -0.05) is 12.1 Å². The van der Waals surface area contributed by atoms with Gasteiger partial charge in [0, 0.05) is 43.5 Å². The maximum absolute atomic E-state index is 11.5. The molecule has 0 radical (unpaired) electrons. The van der Waals surface area contributed by atoms with E-state index in [0.29, 0.717) is 18.8 Å². The van der Waals surface area contributed by atoms with E-state index < -0.39 is 10.8 Å².